The monoisotopic (exact) mass is 281 g/mol. The second-order valence-corrected chi connectivity index (χ2v) is 5.41. The summed E-state index contributed by atoms with van der Waals surface area (Å²) in [6.45, 7) is 4.87. The van der Waals surface area contributed by atoms with E-state index in [4.69, 9.17) is 14.9 Å². The van der Waals surface area contributed by atoms with Gasteiger partial charge in [-0.1, -0.05) is 12.1 Å². The molecule has 1 rings (SSSR count). The van der Waals surface area contributed by atoms with Crippen molar-refractivity contribution in [1.82, 2.24) is 5.32 Å². The van der Waals surface area contributed by atoms with E-state index in [-0.39, 0.29) is 31.6 Å². The zero-order valence-electron chi connectivity index (χ0n) is 12.2. The fourth-order valence-corrected chi connectivity index (χ4v) is 1.65. The molecule has 0 saturated heterocycles. The lowest BCUT2D eigenvalue weighted by molar-refractivity contribution is -0.123. The largest absolute Gasteiger partial charge is 0.491 e. The summed E-state index contributed by atoms with van der Waals surface area (Å²) in [7, 11) is 0. The van der Waals surface area contributed by atoms with E-state index in [1.807, 2.05) is 38.1 Å². The molecule has 5 nitrogen and oxygen atoms in total. The Morgan fingerprint density at radius 2 is 1.80 bits per heavy atom. The molecule has 1 amide bonds. The Morgan fingerprint density at radius 3 is 2.25 bits per heavy atom. The summed E-state index contributed by atoms with van der Waals surface area (Å²) < 4.78 is 5.52. The van der Waals surface area contributed by atoms with Gasteiger partial charge in [0, 0.05) is 0 Å². The number of nitrogens with one attached hydrogen (secondary N) is 1. The molecule has 0 aliphatic heterocycles. The van der Waals surface area contributed by atoms with Crippen molar-refractivity contribution in [1.29, 1.82) is 0 Å². The molecule has 0 aromatic heterocycles. The summed E-state index contributed by atoms with van der Waals surface area (Å²) in [6, 6.07) is 7.29. The third-order valence-corrected chi connectivity index (χ3v) is 2.80. The first kappa shape index (κ1) is 16.5. The van der Waals surface area contributed by atoms with Crippen LogP contribution in [0.5, 0.6) is 5.75 Å². The molecular weight excluding hydrogens is 258 g/mol. The minimum atomic E-state index is -0.988. The second-order valence-electron chi connectivity index (χ2n) is 5.41. The van der Waals surface area contributed by atoms with Crippen LogP contribution in [0.4, 0.5) is 0 Å². The first-order valence-electron chi connectivity index (χ1n) is 6.67. The Kier molecular flexibility index (Phi) is 5.98. The van der Waals surface area contributed by atoms with Gasteiger partial charge in [-0.15, -0.1) is 0 Å². The molecule has 0 bridgehead atoms. The van der Waals surface area contributed by atoms with Crippen LogP contribution in [0.1, 0.15) is 26.3 Å². The maximum atomic E-state index is 11.8. The van der Waals surface area contributed by atoms with E-state index in [2.05, 4.69) is 5.32 Å². The number of rotatable bonds is 7. The number of hydrogen-bond acceptors (Lipinski definition) is 4. The highest BCUT2D eigenvalue weighted by Gasteiger charge is 2.24. The SMILES string of the molecule is CC(C)Oc1ccc(CC(=O)NC(C)(CO)CO)cc1. The van der Waals surface area contributed by atoms with Crippen LogP contribution >= 0.6 is 0 Å². The van der Waals surface area contributed by atoms with Crippen molar-refractivity contribution in [2.24, 2.45) is 0 Å². The third kappa shape index (κ3) is 5.19. The minimum Gasteiger partial charge on any atom is -0.491 e. The molecule has 0 saturated carbocycles. The number of aliphatic hydroxyl groups is 2. The maximum Gasteiger partial charge on any atom is 0.224 e. The summed E-state index contributed by atoms with van der Waals surface area (Å²) in [5.74, 6) is 0.521. The van der Waals surface area contributed by atoms with Gasteiger partial charge >= 0.3 is 0 Å². The first-order valence-corrected chi connectivity index (χ1v) is 6.67. The van der Waals surface area contributed by atoms with E-state index in [1.165, 1.54) is 0 Å². The summed E-state index contributed by atoms with van der Waals surface area (Å²) in [4.78, 5) is 11.8. The highest BCUT2D eigenvalue weighted by atomic mass is 16.5. The fourth-order valence-electron chi connectivity index (χ4n) is 1.65. The summed E-state index contributed by atoms with van der Waals surface area (Å²) in [5.41, 5.74) is -0.144. The van der Waals surface area contributed by atoms with Gasteiger partial charge in [0.25, 0.3) is 0 Å². The Morgan fingerprint density at radius 1 is 1.25 bits per heavy atom. The van der Waals surface area contributed by atoms with Gasteiger partial charge in [0.05, 0.1) is 31.3 Å². The molecule has 3 N–H and O–H groups in total. The van der Waals surface area contributed by atoms with Crippen LogP contribution in [-0.4, -0.2) is 41.0 Å². The zero-order valence-corrected chi connectivity index (χ0v) is 12.2. The van der Waals surface area contributed by atoms with Crippen LogP contribution < -0.4 is 10.1 Å². The zero-order chi connectivity index (χ0) is 15.2. The Balaban J connectivity index is 2.58. The number of carbonyl (C=O) groups excluding carboxylic acids is 1. The van der Waals surface area contributed by atoms with Gasteiger partial charge in [0.15, 0.2) is 0 Å². The van der Waals surface area contributed by atoms with Crippen molar-refractivity contribution in [2.45, 2.75) is 38.8 Å². The van der Waals surface area contributed by atoms with E-state index in [0.29, 0.717) is 0 Å². The molecule has 0 fully saturated rings. The topological polar surface area (TPSA) is 78.8 Å². The lowest BCUT2D eigenvalue weighted by atomic mass is 10.0. The van der Waals surface area contributed by atoms with Crippen LogP contribution in [0.2, 0.25) is 0 Å². The highest BCUT2D eigenvalue weighted by molar-refractivity contribution is 5.79. The van der Waals surface area contributed by atoms with Crippen molar-refractivity contribution in [3.05, 3.63) is 29.8 Å². The number of aliphatic hydroxyl groups excluding tert-OH is 2. The molecule has 112 valence electrons. The number of hydrogen-bond donors (Lipinski definition) is 3. The average molecular weight is 281 g/mol. The standard InChI is InChI=1S/C15H23NO4/c1-11(2)20-13-6-4-12(5-7-13)8-14(19)16-15(3,9-17)10-18/h4-7,11,17-18H,8-10H2,1-3H3,(H,16,19). The summed E-state index contributed by atoms with van der Waals surface area (Å²) >= 11 is 0. The van der Waals surface area contributed by atoms with Gasteiger partial charge in [0.1, 0.15) is 5.75 Å². The van der Waals surface area contributed by atoms with Gasteiger partial charge in [-0.3, -0.25) is 4.79 Å². The fraction of sp³-hybridized carbons (Fsp3) is 0.533. The number of ether oxygens (including phenoxy) is 1. The van der Waals surface area contributed by atoms with E-state index in [0.717, 1.165) is 11.3 Å². The quantitative estimate of drug-likeness (QED) is 0.693. The smallest absolute Gasteiger partial charge is 0.224 e. The Hall–Kier alpha value is -1.59. The Bertz CT molecular complexity index is 424. The third-order valence-electron chi connectivity index (χ3n) is 2.80. The molecule has 20 heavy (non-hydrogen) atoms. The molecule has 0 radical (unpaired) electrons. The van der Waals surface area contributed by atoms with Gasteiger partial charge in [-0.2, -0.15) is 0 Å². The molecule has 1 aromatic rings. The molecule has 0 atom stereocenters. The molecule has 0 heterocycles. The summed E-state index contributed by atoms with van der Waals surface area (Å²) in [5, 5.41) is 20.9. The molecule has 0 spiro atoms. The van der Waals surface area contributed by atoms with E-state index >= 15 is 0 Å². The lowest BCUT2D eigenvalue weighted by Gasteiger charge is -2.26. The van der Waals surface area contributed by atoms with Gasteiger partial charge in [-0.25, -0.2) is 0 Å². The van der Waals surface area contributed by atoms with Crippen LogP contribution in [0.25, 0.3) is 0 Å². The molecule has 0 aliphatic carbocycles. The van der Waals surface area contributed by atoms with Crippen LogP contribution in [0, 0.1) is 0 Å². The predicted octanol–water partition coefficient (Wildman–Crippen LogP) is 0.876. The molecule has 5 heteroatoms. The van der Waals surface area contributed by atoms with Crippen molar-refractivity contribution in [3.8, 4) is 5.75 Å². The van der Waals surface area contributed by atoms with E-state index in [1.54, 1.807) is 6.92 Å². The number of amides is 1. The van der Waals surface area contributed by atoms with Gasteiger partial charge < -0.3 is 20.3 Å². The maximum absolute atomic E-state index is 11.8. The number of carbonyl (C=O) groups is 1. The van der Waals surface area contributed by atoms with E-state index in [9.17, 15) is 4.79 Å². The van der Waals surface area contributed by atoms with Crippen molar-refractivity contribution >= 4 is 5.91 Å². The molecule has 0 unspecified atom stereocenters. The normalized spacial score (nSPS) is 11.5. The van der Waals surface area contributed by atoms with Gasteiger partial charge in [-0.05, 0) is 38.5 Å². The van der Waals surface area contributed by atoms with Crippen molar-refractivity contribution in [2.75, 3.05) is 13.2 Å². The Labute approximate surface area is 119 Å². The first-order chi connectivity index (χ1) is 9.38. The van der Waals surface area contributed by atoms with Crippen molar-refractivity contribution in [3.63, 3.8) is 0 Å². The van der Waals surface area contributed by atoms with E-state index < -0.39 is 5.54 Å². The van der Waals surface area contributed by atoms with Crippen LogP contribution in [-0.2, 0) is 11.2 Å². The molecule has 0 aliphatic rings. The van der Waals surface area contributed by atoms with Gasteiger partial charge in [0.2, 0.25) is 5.91 Å². The lowest BCUT2D eigenvalue weighted by Crippen LogP contribution is -2.52. The summed E-state index contributed by atoms with van der Waals surface area (Å²) in [6.07, 6.45) is 0.302. The molecular formula is C15H23NO4. The minimum absolute atomic E-state index is 0.110. The highest BCUT2D eigenvalue weighted by Crippen LogP contribution is 2.14. The second kappa shape index (κ2) is 7.26. The van der Waals surface area contributed by atoms with Crippen molar-refractivity contribution < 1.29 is 19.7 Å². The number of benzene rings is 1. The van der Waals surface area contributed by atoms with Crippen LogP contribution in [0.3, 0.4) is 0 Å². The van der Waals surface area contributed by atoms with Crippen LogP contribution in [0.15, 0.2) is 24.3 Å². The molecule has 1 aromatic carbocycles. The average Bonchev–Trinajstić information content (AvgIpc) is 2.40. The predicted molar refractivity (Wildman–Crippen MR) is 76.6 cm³/mol.